The fourth-order valence-corrected chi connectivity index (χ4v) is 2.30. The van der Waals surface area contributed by atoms with Crippen molar-refractivity contribution in [3.8, 4) is 11.5 Å². The molecule has 0 atom stereocenters. The van der Waals surface area contributed by atoms with Crippen LogP contribution in [0, 0.1) is 5.82 Å². The minimum absolute atomic E-state index is 0.0809. The van der Waals surface area contributed by atoms with E-state index in [0.717, 1.165) is 23.1 Å². The smallest absolute Gasteiger partial charge is 0.145 e. The summed E-state index contributed by atoms with van der Waals surface area (Å²) in [5.41, 5.74) is 1.15. The Morgan fingerprint density at radius 2 is 2.05 bits per heavy atom. The van der Waals surface area contributed by atoms with E-state index in [-0.39, 0.29) is 5.02 Å². The van der Waals surface area contributed by atoms with Crippen molar-refractivity contribution in [3.05, 3.63) is 57.3 Å². The van der Waals surface area contributed by atoms with Gasteiger partial charge in [-0.25, -0.2) is 4.39 Å². The van der Waals surface area contributed by atoms with Crippen molar-refractivity contribution < 1.29 is 9.13 Å². The zero-order valence-corrected chi connectivity index (χ0v) is 13.3. The van der Waals surface area contributed by atoms with E-state index < -0.39 is 5.82 Å². The Bertz CT molecular complexity index is 606. The van der Waals surface area contributed by atoms with Gasteiger partial charge in [0.1, 0.15) is 17.3 Å². The van der Waals surface area contributed by atoms with Gasteiger partial charge >= 0.3 is 0 Å². The van der Waals surface area contributed by atoms with E-state index >= 15 is 0 Å². The maximum Gasteiger partial charge on any atom is 0.145 e. The number of hydrogen-bond donors (Lipinski definition) is 1. The Morgan fingerprint density at radius 1 is 1.25 bits per heavy atom. The van der Waals surface area contributed by atoms with Crippen LogP contribution in [0.2, 0.25) is 5.02 Å². The van der Waals surface area contributed by atoms with Crippen LogP contribution in [0.3, 0.4) is 0 Å². The van der Waals surface area contributed by atoms with Crippen LogP contribution < -0.4 is 10.1 Å². The predicted octanol–water partition coefficient (Wildman–Crippen LogP) is 5.14. The monoisotopic (exact) mass is 357 g/mol. The molecule has 5 heteroatoms. The van der Waals surface area contributed by atoms with Gasteiger partial charge in [-0.05, 0) is 52.3 Å². The van der Waals surface area contributed by atoms with Gasteiger partial charge in [0.2, 0.25) is 0 Å². The quantitative estimate of drug-likeness (QED) is 0.798. The zero-order chi connectivity index (χ0) is 14.5. The highest BCUT2D eigenvalue weighted by Crippen LogP contribution is 2.31. The largest absolute Gasteiger partial charge is 0.456 e. The van der Waals surface area contributed by atoms with Crippen LogP contribution in [-0.2, 0) is 6.54 Å². The molecule has 0 aliphatic carbocycles. The first-order chi connectivity index (χ1) is 9.60. The molecule has 0 spiro atoms. The van der Waals surface area contributed by atoms with Crippen molar-refractivity contribution in [2.45, 2.75) is 13.5 Å². The van der Waals surface area contributed by atoms with Gasteiger partial charge in [0.15, 0.2) is 0 Å². The minimum Gasteiger partial charge on any atom is -0.456 e. The number of rotatable bonds is 5. The van der Waals surface area contributed by atoms with E-state index in [0.29, 0.717) is 11.5 Å². The third kappa shape index (κ3) is 3.95. The molecule has 0 fully saturated rings. The van der Waals surface area contributed by atoms with E-state index in [1.807, 2.05) is 18.2 Å². The van der Waals surface area contributed by atoms with Crippen LogP contribution in [-0.4, -0.2) is 6.54 Å². The van der Waals surface area contributed by atoms with E-state index in [1.54, 1.807) is 6.07 Å². The number of benzene rings is 2. The molecule has 0 heterocycles. The molecular formula is C15H14BrClFNO. The first-order valence-electron chi connectivity index (χ1n) is 6.22. The Labute approximate surface area is 131 Å². The summed E-state index contributed by atoms with van der Waals surface area (Å²) in [6.07, 6.45) is 0. The summed E-state index contributed by atoms with van der Waals surface area (Å²) in [6, 6.07) is 10.2. The minimum atomic E-state index is -0.496. The normalized spacial score (nSPS) is 10.6. The lowest BCUT2D eigenvalue weighted by Gasteiger charge is -2.10. The van der Waals surface area contributed by atoms with Crippen molar-refractivity contribution in [1.29, 1.82) is 0 Å². The van der Waals surface area contributed by atoms with Gasteiger partial charge in [0.25, 0.3) is 0 Å². The van der Waals surface area contributed by atoms with Gasteiger partial charge in [-0.3, -0.25) is 0 Å². The van der Waals surface area contributed by atoms with Crippen LogP contribution >= 0.6 is 27.5 Å². The summed E-state index contributed by atoms with van der Waals surface area (Å²) in [4.78, 5) is 0. The maximum atomic E-state index is 13.4. The molecule has 106 valence electrons. The van der Waals surface area contributed by atoms with Gasteiger partial charge in [-0.15, -0.1) is 0 Å². The second kappa shape index (κ2) is 7.07. The third-order valence-corrected chi connectivity index (χ3v) is 3.62. The van der Waals surface area contributed by atoms with E-state index in [9.17, 15) is 4.39 Å². The Balaban J connectivity index is 2.14. The molecule has 2 aromatic rings. The van der Waals surface area contributed by atoms with Crippen molar-refractivity contribution >= 4 is 27.5 Å². The van der Waals surface area contributed by atoms with Gasteiger partial charge in [0.05, 0.1) is 9.50 Å². The average molecular weight is 359 g/mol. The first kappa shape index (κ1) is 15.3. The summed E-state index contributed by atoms with van der Waals surface area (Å²) in [6.45, 7) is 3.77. The summed E-state index contributed by atoms with van der Waals surface area (Å²) < 4.78 is 19.8. The SMILES string of the molecule is CCNCc1ccc(Oc2ccc(Cl)c(F)c2)c(Br)c1. The molecule has 0 bridgehead atoms. The Kier molecular flexibility index (Phi) is 5.40. The average Bonchev–Trinajstić information content (AvgIpc) is 2.43. The number of hydrogen-bond acceptors (Lipinski definition) is 2. The van der Waals surface area contributed by atoms with Crippen molar-refractivity contribution in [1.82, 2.24) is 5.32 Å². The van der Waals surface area contributed by atoms with Crippen LogP contribution in [0.15, 0.2) is 40.9 Å². The molecule has 0 saturated heterocycles. The molecule has 0 saturated carbocycles. The fraction of sp³-hybridized carbons (Fsp3) is 0.200. The molecule has 0 amide bonds. The topological polar surface area (TPSA) is 21.3 Å². The molecule has 2 rings (SSSR count). The second-order valence-electron chi connectivity index (χ2n) is 4.22. The van der Waals surface area contributed by atoms with Crippen molar-refractivity contribution in [2.24, 2.45) is 0 Å². The third-order valence-electron chi connectivity index (χ3n) is 2.69. The molecular weight excluding hydrogens is 345 g/mol. The lowest BCUT2D eigenvalue weighted by atomic mass is 10.2. The van der Waals surface area contributed by atoms with Crippen molar-refractivity contribution in [3.63, 3.8) is 0 Å². The molecule has 20 heavy (non-hydrogen) atoms. The standard InChI is InChI=1S/C15H14BrClFNO/c1-2-19-9-10-3-6-15(12(16)7-10)20-11-4-5-13(17)14(18)8-11/h3-8,19H,2,9H2,1H3. The van der Waals surface area contributed by atoms with Crippen molar-refractivity contribution in [2.75, 3.05) is 6.54 Å². The van der Waals surface area contributed by atoms with Gasteiger partial charge in [0, 0.05) is 12.6 Å². The van der Waals surface area contributed by atoms with E-state index in [2.05, 4.69) is 28.2 Å². The highest BCUT2D eigenvalue weighted by molar-refractivity contribution is 9.10. The van der Waals surface area contributed by atoms with Gasteiger partial charge in [-0.2, -0.15) is 0 Å². The number of halogens is 3. The zero-order valence-electron chi connectivity index (χ0n) is 10.9. The second-order valence-corrected chi connectivity index (χ2v) is 5.48. The molecule has 0 unspecified atom stereocenters. The maximum absolute atomic E-state index is 13.4. The highest BCUT2D eigenvalue weighted by atomic mass is 79.9. The molecule has 0 aliphatic rings. The molecule has 0 aromatic heterocycles. The summed E-state index contributed by atoms with van der Waals surface area (Å²) >= 11 is 9.09. The summed E-state index contributed by atoms with van der Waals surface area (Å²) in [5.74, 6) is 0.544. The van der Waals surface area contributed by atoms with Crippen LogP contribution in [0.5, 0.6) is 11.5 Å². The molecule has 0 aliphatic heterocycles. The lowest BCUT2D eigenvalue weighted by molar-refractivity contribution is 0.473. The predicted molar refractivity (Wildman–Crippen MR) is 83.0 cm³/mol. The summed E-state index contributed by atoms with van der Waals surface area (Å²) in [7, 11) is 0. The molecule has 2 nitrogen and oxygen atoms in total. The highest BCUT2D eigenvalue weighted by Gasteiger charge is 2.06. The molecule has 1 N–H and O–H groups in total. The lowest BCUT2D eigenvalue weighted by Crippen LogP contribution is -2.11. The van der Waals surface area contributed by atoms with Crippen LogP contribution in [0.25, 0.3) is 0 Å². The number of nitrogens with one attached hydrogen (secondary N) is 1. The van der Waals surface area contributed by atoms with Crippen LogP contribution in [0.4, 0.5) is 4.39 Å². The number of ether oxygens (including phenoxy) is 1. The van der Waals surface area contributed by atoms with Gasteiger partial charge < -0.3 is 10.1 Å². The molecule has 0 radical (unpaired) electrons. The first-order valence-corrected chi connectivity index (χ1v) is 7.39. The fourth-order valence-electron chi connectivity index (χ4n) is 1.67. The Morgan fingerprint density at radius 3 is 2.70 bits per heavy atom. The van der Waals surface area contributed by atoms with E-state index in [4.69, 9.17) is 16.3 Å². The Hall–Kier alpha value is -1.10. The molecule has 2 aromatic carbocycles. The summed E-state index contributed by atoms with van der Waals surface area (Å²) in [5, 5.41) is 3.33. The van der Waals surface area contributed by atoms with Gasteiger partial charge in [-0.1, -0.05) is 24.6 Å². The van der Waals surface area contributed by atoms with Crippen LogP contribution in [0.1, 0.15) is 12.5 Å². The van der Waals surface area contributed by atoms with E-state index in [1.165, 1.54) is 12.1 Å².